The Labute approximate surface area is 163 Å². The number of rotatable bonds is 5. The van der Waals surface area contributed by atoms with Gasteiger partial charge in [-0.25, -0.2) is 15.4 Å². The first-order chi connectivity index (χ1) is 13.1. The second-order valence-corrected chi connectivity index (χ2v) is 8.04. The molecular weight excluding hydrogens is 356 g/mol. The van der Waals surface area contributed by atoms with Crippen molar-refractivity contribution < 1.29 is 4.79 Å². The number of nitrogens with one attached hydrogen (secondary N) is 1. The van der Waals surface area contributed by atoms with E-state index < -0.39 is 0 Å². The van der Waals surface area contributed by atoms with Crippen molar-refractivity contribution in [2.75, 3.05) is 0 Å². The van der Waals surface area contributed by atoms with Crippen LogP contribution >= 0.6 is 11.8 Å². The molecule has 0 spiro atoms. The van der Waals surface area contributed by atoms with Gasteiger partial charge in [0.1, 0.15) is 0 Å². The van der Waals surface area contributed by atoms with Gasteiger partial charge in [0.15, 0.2) is 5.16 Å². The van der Waals surface area contributed by atoms with Gasteiger partial charge in [0.25, 0.3) is 5.91 Å². The minimum atomic E-state index is -0.159. The van der Waals surface area contributed by atoms with Crippen LogP contribution in [0, 0.1) is 25.7 Å². The highest BCUT2D eigenvalue weighted by Gasteiger charge is 2.38. The molecular formula is C21H22N4OS. The number of allylic oxidation sites excluding steroid dienone is 2. The molecule has 5 nitrogen and oxygen atoms in total. The Morgan fingerprint density at radius 1 is 1.22 bits per heavy atom. The fourth-order valence-corrected chi connectivity index (χ4v) is 4.41. The van der Waals surface area contributed by atoms with Crippen LogP contribution in [0.15, 0.2) is 52.7 Å². The summed E-state index contributed by atoms with van der Waals surface area (Å²) in [6.45, 7) is 3.95. The van der Waals surface area contributed by atoms with Gasteiger partial charge in [0.05, 0.1) is 0 Å². The average molecular weight is 379 g/mol. The maximum atomic E-state index is 12.3. The highest BCUT2D eigenvalue weighted by molar-refractivity contribution is 7.98. The van der Waals surface area contributed by atoms with Crippen molar-refractivity contribution in [3.8, 4) is 0 Å². The van der Waals surface area contributed by atoms with E-state index in [-0.39, 0.29) is 5.91 Å². The Morgan fingerprint density at radius 3 is 2.67 bits per heavy atom. The van der Waals surface area contributed by atoms with Gasteiger partial charge in [0.2, 0.25) is 0 Å². The van der Waals surface area contributed by atoms with E-state index in [1.165, 1.54) is 0 Å². The molecule has 4 rings (SSSR count). The fourth-order valence-electron chi connectivity index (χ4n) is 3.51. The predicted molar refractivity (Wildman–Crippen MR) is 108 cm³/mol. The highest BCUT2D eigenvalue weighted by atomic mass is 32.2. The van der Waals surface area contributed by atoms with E-state index in [0.717, 1.165) is 46.4 Å². The van der Waals surface area contributed by atoms with Crippen LogP contribution in [0.2, 0.25) is 0 Å². The molecule has 1 aromatic heterocycles. The number of nitrogens with zero attached hydrogens (tertiary/aromatic N) is 3. The van der Waals surface area contributed by atoms with Gasteiger partial charge in [-0.1, -0.05) is 36.0 Å². The van der Waals surface area contributed by atoms with E-state index in [1.807, 2.05) is 44.2 Å². The lowest BCUT2D eigenvalue weighted by molar-refractivity contribution is 0.0954. The number of hydrazone groups is 1. The minimum Gasteiger partial charge on any atom is -0.267 e. The lowest BCUT2D eigenvalue weighted by Gasteiger charge is -2.31. The maximum absolute atomic E-state index is 12.3. The van der Waals surface area contributed by atoms with Crippen molar-refractivity contribution >= 4 is 23.4 Å². The summed E-state index contributed by atoms with van der Waals surface area (Å²) in [5.74, 6) is 1.76. The molecule has 1 heterocycles. The third-order valence-electron chi connectivity index (χ3n) is 5.01. The molecule has 0 unspecified atom stereocenters. The Morgan fingerprint density at radius 2 is 1.96 bits per heavy atom. The van der Waals surface area contributed by atoms with Gasteiger partial charge < -0.3 is 0 Å². The molecule has 2 aliphatic rings. The number of thioether (sulfide) groups is 1. The van der Waals surface area contributed by atoms with Crippen LogP contribution in [0.4, 0.5) is 0 Å². The minimum absolute atomic E-state index is 0.159. The summed E-state index contributed by atoms with van der Waals surface area (Å²) in [4.78, 5) is 21.2. The Kier molecular flexibility index (Phi) is 5.07. The maximum Gasteiger partial charge on any atom is 0.271 e. The molecule has 1 fully saturated rings. The number of carbonyl (C=O) groups is 1. The number of hydrogen-bond donors (Lipinski definition) is 1. The predicted octanol–water partition coefficient (Wildman–Crippen LogP) is 4.07. The standard InChI is InChI=1S/C21H22N4OS/c1-13-10-14(2)23-21(22-13)27-12-15-6-8-16(9-7-15)20(26)25-24-19-11-17-4-3-5-18(17)19/h3-4,6-10,17-18H,5,11-12H2,1-2H3,(H,25,26)/b24-19-/t17-,18-/m1/s1. The van der Waals surface area contributed by atoms with Gasteiger partial charge in [-0.2, -0.15) is 5.10 Å². The van der Waals surface area contributed by atoms with E-state index in [2.05, 4.69) is 32.6 Å². The van der Waals surface area contributed by atoms with E-state index in [9.17, 15) is 4.79 Å². The fraction of sp³-hybridized carbons (Fsp3) is 0.333. The van der Waals surface area contributed by atoms with Crippen molar-refractivity contribution in [1.29, 1.82) is 0 Å². The Balaban J connectivity index is 1.31. The number of fused-ring (bicyclic) bond motifs is 1. The Bertz CT molecular complexity index is 900. The average Bonchev–Trinajstić information content (AvgIpc) is 3.00. The SMILES string of the molecule is Cc1cc(C)nc(SCc2ccc(C(=O)N/N=C3/C[C@H]4C=CC[C@@H]34)cc2)n1. The number of amides is 1. The molecule has 6 heteroatoms. The van der Waals surface area contributed by atoms with Gasteiger partial charge in [-0.05, 0) is 56.4 Å². The van der Waals surface area contributed by atoms with E-state index in [0.29, 0.717) is 17.4 Å². The molecule has 2 aromatic rings. The largest absolute Gasteiger partial charge is 0.271 e. The highest BCUT2D eigenvalue weighted by Crippen LogP contribution is 2.40. The molecule has 138 valence electrons. The third kappa shape index (κ3) is 4.11. The van der Waals surface area contributed by atoms with Crippen molar-refractivity contribution in [2.45, 2.75) is 37.6 Å². The van der Waals surface area contributed by atoms with Crippen LogP contribution in [0.1, 0.15) is 40.2 Å². The van der Waals surface area contributed by atoms with Crippen molar-refractivity contribution in [1.82, 2.24) is 15.4 Å². The number of hydrogen-bond acceptors (Lipinski definition) is 5. The summed E-state index contributed by atoms with van der Waals surface area (Å²) >= 11 is 1.60. The molecule has 0 radical (unpaired) electrons. The lowest BCUT2D eigenvalue weighted by atomic mass is 9.74. The molecule has 1 amide bonds. The quantitative estimate of drug-likeness (QED) is 0.369. The second-order valence-electron chi connectivity index (χ2n) is 7.10. The molecule has 2 atom stereocenters. The van der Waals surface area contributed by atoms with Crippen LogP contribution in [0.3, 0.4) is 0 Å². The molecule has 2 aliphatic carbocycles. The molecule has 1 saturated carbocycles. The normalized spacial score (nSPS) is 21.8. The summed E-state index contributed by atoms with van der Waals surface area (Å²) in [7, 11) is 0. The zero-order valence-electron chi connectivity index (χ0n) is 15.5. The van der Waals surface area contributed by atoms with Gasteiger partial charge in [-0.15, -0.1) is 0 Å². The summed E-state index contributed by atoms with van der Waals surface area (Å²) in [6.07, 6.45) is 6.49. The monoisotopic (exact) mass is 378 g/mol. The van der Waals surface area contributed by atoms with Crippen molar-refractivity contribution in [2.24, 2.45) is 16.9 Å². The first-order valence-corrected chi connectivity index (χ1v) is 10.1. The first kappa shape index (κ1) is 17.9. The molecule has 1 aromatic carbocycles. The number of aryl methyl sites for hydroxylation is 2. The smallest absolute Gasteiger partial charge is 0.267 e. The van der Waals surface area contributed by atoms with E-state index in [4.69, 9.17) is 0 Å². The second kappa shape index (κ2) is 7.64. The topological polar surface area (TPSA) is 67.2 Å². The lowest BCUT2D eigenvalue weighted by Crippen LogP contribution is -2.35. The summed E-state index contributed by atoms with van der Waals surface area (Å²) in [5, 5.41) is 5.10. The Hall–Kier alpha value is -2.47. The summed E-state index contributed by atoms with van der Waals surface area (Å²) in [6, 6.07) is 9.59. The van der Waals surface area contributed by atoms with Crippen LogP contribution < -0.4 is 5.43 Å². The molecule has 0 saturated heterocycles. The summed E-state index contributed by atoms with van der Waals surface area (Å²) in [5.41, 5.74) is 7.51. The first-order valence-electron chi connectivity index (χ1n) is 9.16. The summed E-state index contributed by atoms with van der Waals surface area (Å²) < 4.78 is 0. The molecule has 0 aliphatic heterocycles. The zero-order chi connectivity index (χ0) is 18.8. The molecule has 27 heavy (non-hydrogen) atoms. The van der Waals surface area contributed by atoms with E-state index >= 15 is 0 Å². The number of benzene rings is 1. The third-order valence-corrected chi connectivity index (χ3v) is 5.93. The zero-order valence-corrected chi connectivity index (χ0v) is 16.3. The molecule has 1 N–H and O–H groups in total. The van der Waals surface area contributed by atoms with Gasteiger partial charge in [0, 0.05) is 34.3 Å². The van der Waals surface area contributed by atoms with Crippen molar-refractivity contribution in [3.63, 3.8) is 0 Å². The van der Waals surface area contributed by atoms with Gasteiger partial charge in [-0.3, -0.25) is 4.79 Å². The van der Waals surface area contributed by atoms with Crippen LogP contribution in [0.25, 0.3) is 0 Å². The van der Waals surface area contributed by atoms with Gasteiger partial charge >= 0.3 is 0 Å². The van der Waals surface area contributed by atoms with Crippen LogP contribution in [0.5, 0.6) is 0 Å². The van der Waals surface area contributed by atoms with Crippen molar-refractivity contribution in [3.05, 3.63) is 65.0 Å². The molecule has 0 bridgehead atoms. The van der Waals surface area contributed by atoms with Crippen LogP contribution in [-0.4, -0.2) is 21.6 Å². The van der Waals surface area contributed by atoms with Crippen LogP contribution in [-0.2, 0) is 5.75 Å². The number of carbonyl (C=O) groups excluding carboxylic acids is 1. The number of aromatic nitrogens is 2. The van der Waals surface area contributed by atoms with E-state index in [1.54, 1.807) is 11.8 Å².